The molecule has 2 aromatic heterocycles. The van der Waals surface area contributed by atoms with E-state index in [0.717, 1.165) is 47.1 Å². The van der Waals surface area contributed by atoms with Crippen LogP contribution < -0.4 is 43.1 Å². The zero-order chi connectivity index (χ0) is 28.0. The number of halogens is 2. The van der Waals surface area contributed by atoms with E-state index in [-0.39, 0.29) is 47.2 Å². The van der Waals surface area contributed by atoms with Crippen LogP contribution in [0.5, 0.6) is 0 Å². The first-order valence-corrected chi connectivity index (χ1v) is 18.1. The molecule has 2 rings (SSSR count). The Kier molecular flexibility index (Phi) is 21.4. The molecule has 0 aliphatic rings. The first-order chi connectivity index (χ1) is 18.0. The van der Waals surface area contributed by atoms with Crippen molar-refractivity contribution in [3.8, 4) is 0 Å². The predicted molar refractivity (Wildman–Crippen MR) is 148 cm³/mol. The number of phosphoric ester groups is 2. The fourth-order valence-corrected chi connectivity index (χ4v) is 6.99. The number of thiazole rings is 2. The van der Waals surface area contributed by atoms with Crippen molar-refractivity contribution in [1.29, 1.82) is 0 Å². The van der Waals surface area contributed by atoms with Gasteiger partial charge in [0.1, 0.15) is 13.1 Å². The molecule has 2 aromatic rings. The molecular weight excluding hydrogens is 730 g/mol. The molecule has 0 radical (unpaired) electrons. The largest absolute Gasteiger partial charge is 1.00 e. The first-order valence-electron chi connectivity index (χ1n) is 13.3. The van der Waals surface area contributed by atoms with Crippen LogP contribution in [0.1, 0.15) is 85.4 Å². The number of nitrogens with zero attached hydrogens (tertiary/aromatic N) is 2. The molecule has 234 valence electrons. The van der Waals surface area contributed by atoms with Crippen molar-refractivity contribution < 1.29 is 80.8 Å². The van der Waals surface area contributed by atoms with Gasteiger partial charge in [0, 0.05) is 39.5 Å². The van der Waals surface area contributed by atoms with E-state index in [0.29, 0.717) is 12.8 Å². The molecule has 2 heterocycles. The average Bonchev–Trinajstić information content (AvgIpc) is 3.35. The molecule has 16 heteroatoms. The van der Waals surface area contributed by atoms with Gasteiger partial charge in [-0.25, -0.2) is 9.13 Å². The zero-order valence-corrected chi connectivity index (χ0v) is 29.8. The van der Waals surface area contributed by atoms with Gasteiger partial charge in [0.2, 0.25) is 11.0 Å². The van der Waals surface area contributed by atoms with Crippen molar-refractivity contribution >= 4 is 38.3 Å². The second-order valence-electron chi connectivity index (χ2n) is 9.53. The molecule has 10 nitrogen and oxygen atoms in total. The molecule has 0 spiro atoms. The summed E-state index contributed by atoms with van der Waals surface area (Å²) in [5, 5.41) is 0. The fourth-order valence-electron chi connectivity index (χ4n) is 4.32. The van der Waals surface area contributed by atoms with Crippen molar-refractivity contribution in [2.24, 2.45) is 0 Å². The number of aryl methyl sites for hydroxylation is 2. The Labute approximate surface area is 267 Å². The minimum Gasteiger partial charge on any atom is -1.00 e. The van der Waals surface area contributed by atoms with E-state index in [1.165, 1.54) is 51.4 Å². The number of hydrogen-bond acceptors (Lipinski definition) is 6. The summed E-state index contributed by atoms with van der Waals surface area (Å²) in [6.07, 6.45) is 13.4. The summed E-state index contributed by atoms with van der Waals surface area (Å²) >= 11 is 3.23. The van der Waals surface area contributed by atoms with E-state index >= 15 is 0 Å². The van der Waals surface area contributed by atoms with Crippen LogP contribution in [0, 0.1) is 13.8 Å². The fraction of sp³-hybridized carbons (Fsp3) is 0.750. The van der Waals surface area contributed by atoms with E-state index < -0.39 is 15.6 Å². The van der Waals surface area contributed by atoms with Gasteiger partial charge in [-0.2, -0.15) is 9.13 Å². The quantitative estimate of drug-likeness (QED) is 0.0714. The minimum atomic E-state index is -4.39. The predicted octanol–water partition coefficient (Wildman–Crippen LogP) is -1.09. The topological polar surface area (TPSA) is 141 Å². The smallest absolute Gasteiger partial charge is 0.469 e. The molecule has 0 aromatic carbocycles. The maximum Gasteiger partial charge on any atom is 0.469 e. The molecule has 0 saturated carbocycles. The first kappa shape index (κ1) is 40.4. The third-order valence-electron chi connectivity index (χ3n) is 6.54. The lowest BCUT2D eigenvalue weighted by Crippen LogP contribution is -3.00. The lowest BCUT2D eigenvalue weighted by Gasteiger charge is -2.03. The van der Waals surface area contributed by atoms with E-state index in [1.54, 1.807) is 22.7 Å². The lowest BCUT2D eigenvalue weighted by molar-refractivity contribution is -0.698. The number of hydrogen-bond donors (Lipinski definition) is 4. The van der Waals surface area contributed by atoms with E-state index in [1.807, 2.05) is 0 Å². The van der Waals surface area contributed by atoms with Crippen molar-refractivity contribution in [3.05, 3.63) is 32.2 Å². The second-order valence-corrected chi connectivity index (χ2v) is 13.9. The number of rotatable bonds is 21. The van der Waals surface area contributed by atoms with Gasteiger partial charge in [-0.05, 0) is 12.8 Å². The SMILES string of the molecule is Cc1c(CCOP(=O)(O)O)sc[n+]1CCCCCCCCCCCC[n+]1csc(CCOP(=O)(O)O)c1C.[Br-].[Br-]. The van der Waals surface area contributed by atoms with Crippen LogP contribution in [0.2, 0.25) is 0 Å². The lowest BCUT2D eigenvalue weighted by atomic mass is 10.1. The third kappa shape index (κ3) is 17.5. The Bertz CT molecular complexity index is 980. The number of unbranched alkanes of at least 4 members (excludes halogenated alkanes) is 9. The van der Waals surface area contributed by atoms with Gasteiger partial charge < -0.3 is 53.5 Å². The highest BCUT2D eigenvalue weighted by atomic mass is 79.9. The summed E-state index contributed by atoms with van der Waals surface area (Å²) in [7, 11) is -8.79. The highest BCUT2D eigenvalue weighted by Gasteiger charge is 2.19. The van der Waals surface area contributed by atoms with Crippen LogP contribution in [0.3, 0.4) is 0 Å². The summed E-state index contributed by atoms with van der Waals surface area (Å²) in [5.41, 5.74) is 6.49. The summed E-state index contributed by atoms with van der Waals surface area (Å²) in [4.78, 5) is 37.4. The van der Waals surface area contributed by atoms with Gasteiger partial charge in [0.25, 0.3) is 0 Å². The maximum atomic E-state index is 10.8. The summed E-state index contributed by atoms with van der Waals surface area (Å²) in [5.74, 6) is 0. The van der Waals surface area contributed by atoms with Crippen LogP contribution >= 0.6 is 38.3 Å². The van der Waals surface area contributed by atoms with Crippen LogP contribution in [0.4, 0.5) is 0 Å². The standard InChI is InChI=1S/C24H42N2O8P2S2.2BrH/c1-21-23(13-17-33-35(27,28)29)37-19-25(21)15-11-9-7-5-3-4-6-8-10-12-16-26-20-38-24(22(26)2)14-18-34-36(30,31)32;;/h19-20H,3-18H2,1-2H3,(H2-2,27,28,29,30,31,32);2*1H. The summed E-state index contributed by atoms with van der Waals surface area (Å²) in [6.45, 7) is 6.12. The Morgan fingerprint density at radius 1 is 0.625 bits per heavy atom. The molecule has 0 atom stereocenters. The summed E-state index contributed by atoms with van der Waals surface area (Å²) < 4.78 is 35.2. The van der Waals surface area contributed by atoms with Crippen molar-refractivity contribution in [2.75, 3.05) is 13.2 Å². The van der Waals surface area contributed by atoms with E-state index in [4.69, 9.17) is 19.6 Å². The van der Waals surface area contributed by atoms with Crippen LogP contribution in [-0.2, 0) is 44.1 Å². The summed E-state index contributed by atoms with van der Waals surface area (Å²) in [6, 6.07) is 0. The van der Waals surface area contributed by atoms with Gasteiger partial charge in [-0.15, -0.1) is 0 Å². The molecule has 40 heavy (non-hydrogen) atoms. The van der Waals surface area contributed by atoms with Gasteiger partial charge in [-0.3, -0.25) is 9.05 Å². The molecule has 0 aliphatic heterocycles. The molecule has 0 saturated heterocycles. The molecule has 4 N–H and O–H groups in total. The number of aromatic nitrogens is 2. The third-order valence-corrected chi connectivity index (χ3v) is 9.86. The highest BCUT2D eigenvalue weighted by Crippen LogP contribution is 2.36. The number of phosphoric acid groups is 2. The van der Waals surface area contributed by atoms with Crippen LogP contribution in [-0.4, -0.2) is 32.8 Å². The monoisotopic (exact) mass is 772 g/mol. The van der Waals surface area contributed by atoms with Crippen LogP contribution in [0.15, 0.2) is 11.0 Å². The molecule has 0 amide bonds. The zero-order valence-electron chi connectivity index (χ0n) is 23.3. The van der Waals surface area contributed by atoms with Gasteiger partial charge in [0.15, 0.2) is 11.4 Å². The molecule has 0 aliphatic carbocycles. The Morgan fingerprint density at radius 3 is 1.23 bits per heavy atom. The second kappa shape index (κ2) is 21.2. The van der Waals surface area contributed by atoms with Gasteiger partial charge in [0.05, 0.1) is 23.0 Å². The minimum absolute atomic E-state index is 0. The Hall–Kier alpha value is 0.440. The van der Waals surface area contributed by atoms with E-state index in [9.17, 15) is 9.13 Å². The molecular formula is C24H44Br2N2O8P2S2. The molecule has 0 bridgehead atoms. The van der Waals surface area contributed by atoms with Gasteiger partial charge >= 0.3 is 15.6 Å². The Morgan fingerprint density at radius 2 is 0.925 bits per heavy atom. The molecule has 0 unspecified atom stereocenters. The highest BCUT2D eigenvalue weighted by molar-refractivity contribution is 7.46. The maximum absolute atomic E-state index is 10.8. The molecule has 0 fully saturated rings. The van der Waals surface area contributed by atoms with Crippen molar-refractivity contribution in [3.63, 3.8) is 0 Å². The van der Waals surface area contributed by atoms with Crippen molar-refractivity contribution in [2.45, 2.75) is 104 Å². The van der Waals surface area contributed by atoms with E-state index in [2.05, 4.69) is 43.1 Å². The van der Waals surface area contributed by atoms with Gasteiger partial charge in [-0.1, -0.05) is 61.2 Å². The van der Waals surface area contributed by atoms with Crippen molar-refractivity contribution in [1.82, 2.24) is 0 Å². The normalized spacial score (nSPS) is 11.8. The average molecular weight is 775 g/mol. The van der Waals surface area contributed by atoms with Crippen LogP contribution in [0.25, 0.3) is 0 Å². The Balaban J connectivity index is 0.00000760.